The van der Waals surface area contributed by atoms with Gasteiger partial charge in [-0.15, -0.1) is 0 Å². The van der Waals surface area contributed by atoms with Gasteiger partial charge in [0, 0.05) is 31.5 Å². The van der Waals surface area contributed by atoms with Crippen LogP contribution in [0.3, 0.4) is 0 Å². The molecule has 0 N–H and O–H groups in total. The molecular weight excluding hydrogens is 339 g/mol. The van der Waals surface area contributed by atoms with Gasteiger partial charge in [-0.3, -0.25) is 0 Å². The number of carbonyl (C=O) groups is 1. The fourth-order valence-corrected chi connectivity index (χ4v) is 2.87. The molecule has 2 bridgehead atoms. The van der Waals surface area contributed by atoms with Crippen molar-refractivity contribution in [3.05, 3.63) is 34.5 Å². The van der Waals surface area contributed by atoms with Crippen molar-refractivity contribution in [3.63, 3.8) is 0 Å². The minimum atomic E-state index is -5.07. The van der Waals surface area contributed by atoms with Crippen LogP contribution in [0.15, 0.2) is 23.3 Å². The fraction of sp³-hybridized carbons (Fsp3) is 0.364. The molecule has 10 nitrogen and oxygen atoms in total. The van der Waals surface area contributed by atoms with Gasteiger partial charge < -0.3 is 14.0 Å². The van der Waals surface area contributed by atoms with Crippen molar-refractivity contribution in [2.24, 2.45) is 7.05 Å². The van der Waals surface area contributed by atoms with E-state index in [-0.39, 0.29) is 42.6 Å². The first-order valence-corrected chi connectivity index (χ1v) is 7.56. The number of nitrogens with zero attached hydrogens (tertiary/aromatic N) is 4. The molecule has 118 valence electrons. The van der Waals surface area contributed by atoms with Crippen molar-refractivity contribution < 1.29 is 51.6 Å². The van der Waals surface area contributed by atoms with Crippen molar-refractivity contribution >= 4 is 22.0 Å². The summed E-state index contributed by atoms with van der Waals surface area (Å²) < 4.78 is 37.9. The quantitative estimate of drug-likeness (QED) is 0.307. The Balaban J connectivity index is 0.00000192. The Morgan fingerprint density at radius 1 is 1.39 bits per heavy atom. The maximum atomic E-state index is 12.0. The molecule has 2 aliphatic heterocycles. The van der Waals surface area contributed by atoms with E-state index in [4.69, 9.17) is 0 Å². The number of fused-ring (bicyclic) bond motifs is 2. The summed E-state index contributed by atoms with van der Waals surface area (Å²) >= 11 is 0. The van der Waals surface area contributed by atoms with E-state index in [1.807, 2.05) is 0 Å². The Labute approximate surface area is 153 Å². The molecule has 1 fully saturated rings. The van der Waals surface area contributed by atoms with Crippen molar-refractivity contribution in [2.45, 2.75) is 6.04 Å². The first-order valence-electron chi connectivity index (χ1n) is 6.23. The van der Waals surface area contributed by atoms with Gasteiger partial charge in [0.15, 0.2) is 0 Å². The van der Waals surface area contributed by atoms with Gasteiger partial charge >= 0.3 is 41.3 Å². The van der Waals surface area contributed by atoms with Crippen LogP contribution >= 0.6 is 0 Å². The summed E-state index contributed by atoms with van der Waals surface area (Å²) in [6.07, 6.45) is 4.55. The minimum absolute atomic E-state index is 0. The summed E-state index contributed by atoms with van der Waals surface area (Å²) in [5, 5.41) is 0.548. The van der Waals surface area contributed by atoms with E-state index >= 15 is 0 Å². The molecule has 1 saturated heterocycles. The van der Waals surface area contributed by atoms with Crippen LogP contribution in [0.1, 0.15) is 5.56 Å². The normalized spacial score (nSPS) is 20.3. The molecule has 0 saturated carbocycles. The summed E-state index contributed by atoms with van der Waals surface area (Å²) in [5.41, 5.74) is 0.659. The third kappa shape index (κ3) is 3.49. The zero-order valence-corrected chi connectivity index (χ0v) is 15.2. The molecule has 2 aliphatic rings. The van der Waals surface area contributed by atoms with E-state index in [0.717, 1.165) is 0 Å². The molecule has 2 amide bonds. The van der Waals surface area contributed by atoms with Crippen LogP contribution in [0.2, 0.25) is 0 Å². The monoisotopic (exact) mass is 350 g/mol. The summed E-state index contributed by atoms with van der Waals surface area (Å²) in [6, 6.07) is -1.46. The third-order valence-corrected chi connectivity index (χ3v) is 3.82. The second-order valence-electron chi connectivity index (χ2n) is 4.91. The van der Waals surface area contributed by atoms with Crippen LogP contribution in [0.4, 0.5) is 4.79 Å². The minimum Gasteiger partial charge on any atom is -0.724 e. The Morgan fingerprint density at radius 2 is 2.09 bits per heavy atom. The van der Waals surface area contributed by atoms with Crippen LogP contribution < -0.4 is 35.2 Å². The van der Waals surface area contributed by atoms with Crippen molar-refractivity contribution in [1.82, 2.24) is 19.5 Å². The molecule has 1 aromatic heterocycles. The van der Waals surface area contributed by atoms with Gasteiger partial charge in [0.2, 0.25) is 10.4 Å². The number of aryl methyl sites for hydroxylation is 1. The van der Waals surface area contributed by atoms with E-state index in [1.165, 1.54) is 28.9 Å². The van der Waals surface area contributed by atoms with Crippen LogP contribution in [-0.2, 0) is 21.7 Å². The van der Waals surface area contributed by atoms with E-state index in [2.05, 4.69) is 9.27 Å². The molecule has 12 heteroatoms. The summed E-state index contributed by atoms with van der Waals surface area (Å²) in [7, 11) is -3.55. The zero-order valence-electron chi connectivity index (χ0n) is 12.4. The number of rotatable bonds is 3. The molecule has 0 radical (unpaired) electrons. The van der Waals surface area contributed by atoms with E-state index in [0.29, 0.717) is 16.2 Å². The fourth-order valence-electron chi connectivity index (χ4n) is 2.51. The van der Waals surface area contributed by atoms with Gasteiger partial charge in [0.05, 0.1) is 6.54 Å². The number of carbonyl (C=O) groups excluding carboxylic acids is 1. The molecule has 3 rings (SSSR count). The van der Waals surface area contributed by atoms with Gasteiger partial charge in [-0.1, -0.05) is 6.08 Å². The maximum Gasteiger partial charge on any atom is 1.00 e. The molecule has 0 aliphatic carbocycles. The van der Waals surface area contributed by atoms with E-state index < -0.39 is 28.2 Å². The van der Waals surface area contributed by atoms with Crippen LogP contribution in [0.5, 0.6) is 0 Å². The van der Waals surface area contributed by atoms with E-state index in [9.17, 15) is 22.6 Å². The van der Waals surface area contributed by atoms with Crippen molar-refractivity contribution in [2.75, 3.05) is 13.1 Å². The molecule has 1 unspecified atom stereocenters. The van der Waals surface area contributed by atoms with E-state index in [1.54, 1.807) is 6.08 Å². The van der Waals surface area contributed by atoms with Crippen molar-refractivity contribution in [1.29, 1.82) is 0 Å². The van der Waals surface area contributed by atoms with Gasteiger partial charge in [-0.05, 0) is 5.57 Å². The first kappa shape index (κ1) is 18.1. The summed E-state index contributed by atoms with van der Waals surface area (Å²) in [4.78, 5) is 28.3. The number of urea groups is 1. The van der Waals surface area contributed by atoms with Crippen molar-refractivity contribution in [3.8, 4) is 0 Å². The van der Waals surface area contributed by atoms with Gasteiger partial charge in [-0.2, -0.15) is 9.35 Å². The molecule has 1 aromatic rings. The SMILES string of the molecule is Cn1cc(C2=CCN3CC2N(OS(=O)(=O)[O-])C3=O)cnc1=O.[Na+]. The predicted octanol–water partition coefficient (Wildman–Crippen LogP) is -4.32. The Morgan fingerprint density at radius 3 is 2.70 bits per heavy atom. The van der Waals surface area contributed by atoms with Crippen LogP contribution in [0, 0.1) is 0 Å². The standard InChI is InChI=1S/C11H12N4O6S.Na/c1-13-5-7(4-12-10(13)16)8-2-3-14-6-9(8)15(11(14)17)21-22(18,19)20;/h2,4-5,9H,3,6H2,1H3,(H,18,19,20);/q;+1/p-1. The first-order chi connectivity index (χ1) is 10.3. The largest absolute Gasteiger partial charge is 1.00 e. The van der Waals surface area contributed by atoms with Crippen LogP contribution in [0.25, 0.3) is 5.57 Å². The predicted molar refractivity (Wildman–Crippen MR) is 70.8 cm³/mol. The van der Waals surface area contributed by atoms with Crippen LogP contribution in [-0.4, -0.2) is 57.6 Å². The third-order valence-electron chi connectivity index (χ3n) is 3.48. The Hall–Kier alpha value is -1.24. The Bertz CT molecular complexity index is 835. The number of hydrogen-bond donors (Lipinski definition) is 0. The number of hydroxylamine groups is 2. The maximum absolute atomic E-state index is 12.0. The average molecular weight is 350 g/mol. The zero-order chi connectivity index (χ0) is 16.1. The number of aromatic nitrogens is 2. The second-order valence-corrected chi connectivity index (χ2v) is 5.87. The number of hydrogen-bond acceptors (Lipinski definition) is 7. The van der Waals surface area contributed by atoms with Gasteiger partial charge in [0.1, 0.15) is 6.04 Å². The van der Waals surface area contributed by atoms with Gasteiger partial charge in [0.25, 0.3) is 0 Å². The smallest absolute Gasteiger partial charge is 0.724 e. The topological polar surface area (TPSA) is 125 Å². The average Bonchev–Trinajstić information content (AvgIpc) is 2.66. The molecular formula is C11H11N4NaO6S. The summed E-state index contributed by atoms with van der Waals surface area (Å²) in [6.45, 7) is 0.426. The van der Waals surface area contributed by atoms with Gasteiger partial charge in [-0.25, -0.2) is 23.0 Å². The molecule has 0 aromatic carbocycles. The molecule has 1 atom stereocenters. The number of amides is 2. The molecule has 23 heavy (non-hydrogen) atoms. The Kier molecular flexibility index (Phi) is 4.99. The molecule has 0 spiro atoms. The molecule has 3 heterocycles. The summed E-state index contributed by atoms with van der Waals surface area (Å²) in [5.74, 6) is 0. The second kappa shape index (κ2) is 6.34.